The molecule has 1 aromatic heterocycles. The summed E-state index contributed by atoms with van der Waals surface area (Å²) in [7, 11) is 0. The van der Waals surface area contributed by atoms with Gasteiger partial charge in [0.25, 0.3) is 0 Å². The number of rotatable bonds is 3. The van der Waals surface area contributed by atoms with E-state index in [1.165, 1.54) is 23.5 Å². The standard InChI is InChI=1S/C15H15F3OS/c1-9(2)12-7-8-13(20-12)10-5-3-4-6-11(10)14(19)15(16,17)18/h3-9,14,19H,1-2H3. The highest BCUT2D eigenvalue weighted by Crippen LogP contribution is 2.40. The molecule has 0 fully saturated rings. The van der Waals surface area contributed by atoms with Gasteiger partial charge in [-0.2, -0.15) is 13.2 Å². The third-order valence-corrected chi connectivity index (χ3v) is 4.45. The number of aliphatic hydroxyl groups is 1. The van der Waals surface area contributed by atoms with Crippen LogP contribution >= 0.6 is 11.3 Å². The molecular formula is C15H15F3OS. The number of benzene rings is 1. The molecule has 1 atom stereocenters. The smallest absolute Gasteiger partial charge is 0.379 e. The van der Waals surface area contributed by atoms with Gasteiger partial charge in [0.1, 0.15) is 0 Å². The third kappa shape index (κ3) is 3.04. The number of thiophene rings is 1. The van der Waals surface area contributed by atoms with Crippen molar-refractivity contribution in [3.63, 3.8) is 0 Å². The molecule has 1 unspecified atom stereocenters. The first-order valence-electron chi connectivity index (χ1n) is 6.24. The second-order valence-corrected chi connectivity index (χ2v) is 6.00. The van der Waals surface area contributed by atoms with E-state index in [-0.39, 0.29) is 5.56 Å². The van der Waals surface area contributed by atoms with Crippen LogP contribution in [-0.4, -0.2) is 11.3 Å². The van der Waals surface area contributed by atoms with E-state index in [1.54, 1.807) is 12.1 Å². The van der Waals surface area contributed by atoms with Crippen molar-refractivity contribution in [3.05, 3.63) is 46.8 Å². The minimum atomic E-state index is -4.66. The van der Waals surface area contributed by atoms with Crippen molar-refractivity contribution in [2.45, 2.75) is 32.0 Å². The molecule has 1 aromatic carbocycles. The van der Waals surface area contributed by atoms with Gasteiger partial charge >= 0.3 is 6.18 Å². The van der Waals surface area contributed by atoms with E-state index in [0.717, 1.165) is 9.75 Å². The van der Waals surface area contributed by atoms with Gasteiger partial charge in [-0.05, 0) is 29.2 Å². The summed E-state index contributed by atoms with van der Waals surface area (Å²) in [6, 6.07) is 9.84. The molecule has 108 valence electrons. The molecule has 5 heteroatoms. The van der Waals surface area contributed by atoms with Gasteiger partial charge < -0.3 is 5.11 Å². The molecule has 0 bridgehead atoms. The van der Waals surface area contributed by atoms with E-state index < -0.39 is 12.3 Å². The lowest BCUT2D eigenvalue weighted by Crippen LogP contribution is -2.20. The van der Waals surface area contributed by atoms with Crippen LogP contribution in [0.2, 0.25) is 0 Å². The van der Waals surface area contributed by atoms with Crippen LogP contribution in [0.15, 0.2) is 36.4 Å². The molecule has 0 aliphatic carbocycles. The molecule has 2 rings (SSSR count). The Morgan fingerprint density at radius 1 is 1.05 bits per heavy atom. The summed E-state index contributed by atoms with van der Waals surface area (Å²) >= 11 is 1.46. The van der Waals surface area contributed by atoms with Gasteiger partial charge in [0, 0.05) is 9.75 Å². The van der Waals surface area contributed by atoms with Crippen molar-refractivity contribution in [2.75, 3.05) is 0 Å². The van der Waals surface area contributed by atoms with Gasteiger partial charge in [0.15, 0.2) is 6.10 Å². The number of hydrogen-bond acceptors (Lipinski definition) is 2. The van der Waals surface area contributed by atoms with Crippen LogP contribution in [0.5, 0.6) is 0 Å². The maximum Gasteiger partial charge on any atom is 0.418 e. The van der Waals surface area contributed by atoms with Crippen molar-refractivity contribution in [1.82, 2.24) is 0 Å². The molecular weight excluding hydrogens is 285 g/mol. The Kier molecular flexibility index (Phi) is 4.20. The summed E-state index contributed by atoms with van der Waals surface area (Å²) in [6.07, 6.45) is -7.11. The average molecular weight is 300 g/mol. The average Bonchev–Trinajstić information content (AvgIpc) is 2.86. The first kappa shape index (κ1) is 15.1. The van der Waals surface area contributed by atoms with Gasteiger partial charge in [-0.3, -0.25) is 0 Å². The molecule has 1 heterocycles. The van der Waals surface area contributed by atoms with Crippen LogP contribution in [0, 0.1) is 0 Å². The van der Waals surface area contributed by atoms with Crippen LogP contribution in [0.4, 0.5) is 13.2 Å². The lowest BCUT2D eigenvalue weighted by Gasteiger charge is -2.17. The highest BCUT2D eigenvalue weighted by Gasteiger charge is 2.40. The molecule has 1 N–H and O–H groups in total. The van der Waals surface area contributed by atoms with Crippen LogP contribution in [0.1, 0.15) is 36.3 Å². The summed E-state index contributed by atoms with van der Waals surface area (Å²) < 4.78 is 38.2. The van der Waals surface area contributed by atoms with Crippen LogP contribution < -0.4 is 0 Å². The molecule has 2 aromatic rings. The van der Waals surface area contributed by atoms with Crippen molar-refractivity contribution < 1.29 is 18.3 Å². The Morgan fingerprint density at radius 2 is 1.70 bits per heavy atom. The van der Waals surface area contributed by atoms with Crippen molar-refractivity contribution in [2.24, 2.45) is 0 Å². The van der Waals surface area contributed by atoms with E-state index >= 15 is 0 Å². The Labute approximate surface area is 119 Å². The zero-order chi connectivity index (χ0) is 14.9. The fourth-order valence-electron chi connectivity index (χ4n) is 1.94. The number of aliphatic hydroxyl groups excluding tert-OH is 1. The fraction of sp³-hybridized carbons (Fsp3) is 0.333. The van der Waals surface area contributed by atoms with Crippen LogP contribution in [0.25, 0.3) is 10.4 Å². The van der Waals surface area contributed by atoms with Crippen molar-refractivity contribution in [1.29, 1.82) is 0 Å². The van der Waals surface area contributed by atoms with Gasteiger partial charge in [-0.25, -0.2) is 0 Å². The minimum Gasteiger partial charge on any atom is -0.379 e. The molecule has 0 spiro atoms. The Bertz CT molecular complexity index is 587. The van der Waals surface area contributed by atoms with Gasteiger partial charge in [0.05, 0.1) is 0 Å². The molecule has 0 saturated heterocycles. The summed E-state index contributed by atoms with van der Waals surface area (Å²) in [5.74, 6) is 0.327. The van der Waals surface area contributed by atoms with Crippen LogP contribution in [-0.2, 0) is 0 Å². The zero-order valence-electron chi connectivity index (χ0n) is 11.1. The molecule has 0 radical (unpaired) electrons. The lowest BCUT2D eigenvalue weighted by molar-refractivity contribution is -0.206. The third-order valence-electron chi connectivity index (χ3n) is 3.03. The quantitative estimate of drug-likeness (QED) is 0.832. The molecule has 1 nitrogen and oxygen atoms in total. The summed E-state index contributed by atoms with van der Waals surface area (Å²) in [5.41, 5.74) is 0.339. The lowest BCUT2D eigenvalue weighted by atomic mass is 10.0. The first-order chi connectivity index (χ1) is 9.30. The molecule has 0 saturated carbocycles. The minimum absolute atomic E-state index is 0.0999. The van der Waals surface area contributed by atoms with Crippen LogP contribution in [0.3, 0.4) is 0 Å². The first-order valence-corrected chi connectivity index (χ1v) is 7.06. The highest BCUT2D eigenvalue weighted by molar-refractivity contribution is 7.15. The summed E-state index contributed by atoms with van der Waals surface area (Å²) in [6.45, 7) is 4.07. The molecule has 20 heavy (non-hydrogen) atoms. The van der Waals surface area contributed by atoms with Gasteiger partial charge in [-0.1, -0.05) is 38.1 Å². The van der Waals surface area contributed by atoms with E-state index in [0.29, 0.717) is 11.5 Å². The van der Waals surface area contributed by atoms with Gasteiger partial charge in [0.2, 0.25) is 0 Å². The second kappa shape index (κ2) is 5.58. The van der Waals surface area contributed by atoms with E-state index in [1.807, 2.05) is 26.0 Å². The Morgan fingerprint density at radius 3 is 2.25 bits per heavy atom. The number of alkyl halides is 3. The number of halogens is 3. The predicted octanol–water partition coefficient (Wildman–Crippen LogP) is 5.13. The largest absolute Gasteiger partial charge is 0.418 e. The zero-order valence-corrected chi connectivity index (χ0v) is 11.9. The predicted molar refractivity (Wildman–Crippen MR) is 74.9 cm³/mol. The van der Waals surface area contributed by atoms with E-state index in [4.69, 9.17) is 0 Å². The monoisotopic (exact) mass is 300 g/mol. The molecule has 0 amide bonds. The second-order valence-electron chi connectivity index (χ2n) is 4.89. The Hall–Kier alpha value is -1.33. The Balaban J connectivity index is 2.46. The molecule has 0 aliphatic heterocycles. The maximum atomic E-state index is 12.7. The number of hydrogen-bond donors (Lipinski definition) is 1. The fourth-order valence-corrected chi connectivity index (χ4v) is 3.00. The summed E-state index contributed by atoms with van der Waals surface area (Å²) in [4.78, 5) is 1.85. The summed E-state index contributed by atoms with van der Waals surface area (Å²) in [5, 5.41) is 9.49. The highest BCUT2D eigenvalue weighted by atomic mass is 32.1. The van der Waals surface area contributed by atoms with Crippen molar-refractivity contribution >= 4 is 11.3 Å². The normalized spacial score (nSPS) is 13.8. The van der Waals surface area contributed by atoms with E-state index in [9.17, 15) is 18.3 Å². The maximum absolute atomic E-state index is 12.7. The van der Waals surface area contributed by atoms with Gasteiger partial charge in [-0.15, -0.1) is 11.3 Å². The topological polar surface area (TPSA) is 20.2 Å². The molecule has 0 aliphatic rings. The van der Waals surface area contributed by atoms with Crippen molar-refractivity contribution in [3.8, 4) is 10.4 Å². The van der Waals surface area contributed by atoms with E-state index in [2.05, 4.69) is 0 Å². The SMILES string of the molecule is CC(C)c1ccc(-c2ccccc2C(O)C(F)(F)F)s1.